The summed E-state index contributed by atoms with van der Waals surface area (Å²) in [6, 6.07) is 8.88. The molecule has 0 saturated carbocycles. The SMILES string of the molecule is COCCNCC1CCCN(Cc2cccc(C)c2)C1. The zero-order valence-electron chi connectivity index (χ0n) is 12.9. The first-order chi connectivity index (χ1) is 9.78. The van der Waals surface area contributed by atoms with Gasteiger partial charge in [0.05, 0.1) is 6.61 Å². The molecule has 3 heteroatoms. The minimum Gasteiger partial charge on any atom is -0.383 e. The van der Waals surface area contributed by atoms with E-state index in [9.17, 15) is 0 Å². The summed E-state index contributed by atoms with van der Waals surface area (Å²) in [6.45, 7) is 8.60. The third-order valence-corrected chi connectivity index (χ3v) is 4.01. The van der Waals surface area contributed by atoms with Gasteiger partial charge in [0.1, 0.15) is 0 Å². The van der Waals surface area contributed by atoms with Crippen LogP contribution in [-0.4, -0.2) is 44.8 Å². The molecule has 0 spiro atoms. The molecule has 0 radical (unpaired) electrons. The zero-order chi connectivity index (χ0) is 14.2. The molecule has 1 unspecified atom stereocenters. The average Bonchev–Trinajstić information content (AvgIpc) is 2.44. The van der Waals surface area contributed by atoms with Gasteiger partial charge in [-0.1, -0.05) is 29.8 Å². The van der Waals surface area contributed by atoms with Gasteiger partial charge >= 0.3 is 0 Å². The van der Waals surface area contributed by atoms with Gasteiger partial charge in [-0.25, -0.2) is 0 Å². The summed E-state index contributed by atoms with van der Waals surface area (Å²) < 4.78 is 5.07. The van der Waals surface area contributed by atoms with Crippen LogP contribution in [0.2, 0.25) is 0 Å². The Balaban J connectivity index is 1.75. The molecule has 1 heterocycles. The second-order valence-corrected chi connectivity index (χ2v) is 5.93. The Hall–Kier alpha value is -0.900. The number of rotatable bonds is 7. The van der Waals surface area contributed by atoms with Gasteiger partial charge in [0, 0.05) is 26.7 Å². The maximum Gasteiger partial charge on any atom is 0.0587 e. The number of aryl methyl sites for hydroxylation is 1. The summed E-state index contributed by atoms with van der Waals surface area (Å²) in [4.78, 5) is 2.60. The van der Waals surface area contributed by atoms with Crippen LogP contribution in [0, 0.1) is 12.8 Å². The van der Waals surface area contributed by atoms with Gasteiger partial charge in [-0.15, -0.1) is 0 Å². The third-order valence-electron chi connectivity index (χ3n) is 4.01. The van der Waals surface area contributed by atoms with Gasteiger partial charge < -0.3 is 10.1 Å². The highest BCUT2D eigenvalue weighted by molar-refractivity contribution is 5.22. The number of nitrogens with zero attached hydrogens (tertiary/aromatic N) is 1. The average molecular weight is 276 g/mol. The largest absolute Gasteiger partial charge is 0.383 e. The summed E-state index contributed by atoms with van der Waals surface area (Å²) in [6.07, 6.45) is 2.67. The van der Waals surface area contributed by atoms with Gasteiger partial charge in [-0.2, -0.15) is 0 Å². The maximum absolute atomic E-state index is 5.07. The molecule has 2 rings (SSSR count). The molecule has 1 N–H and O–H groups in total. The molecular formula is C17H28N2O. The third kappa shape index (κ3) is 5.23. The quantitative estimate of drug-likeness (QED) is 0.774. The van der Waals surface area contributed by atoms with E-state index in [4.69, 9.17) is 4.74 Å². The van der Waals surface area contributed by atoms with Gasteiger partial charge in [0.15, 0.2) is 0 Å². The van der Waals surface area contributed by atoms with E-state index in [0.29, 0.717) is 0 Å². The number of hydrogen-bond donors (Lipinski definition) is 1. The lowest BCUT2D eigenvalue weighted by Gasteiger charge is -2.33. The van der Waals surface area contributed by atoms with E-state index in [1.54, 1.807) is 7.11 Å². The van der Waals surface area contributed by atoms with Crippen molar-refractivity contribution in [3.05, 3.63) is 35.4 Å². The fourth-order valence-electron chi connectivity index (χ4n) is 3.01. The molecule has 1 fully saturated rings. The highest BCUT2D eigenvalue weighted by Gasteiger charge is 2.19. The molecule has 0 aliphatic carbocycles. The van der Waals surface area contributed by atoms with Crippen LogP contribution in [0.3, 0.4) is 0 Å². The molecule has 1 atom stereocenters. The second kappa shape index (κ2) is 8.40. The molecule has 3 nitrogen and oxygen atoms in total. The van der Waals surface area contributed by atoms with Crippen LogP contribution in [0.5, 0.6) is 0 Å². The standard InChI is InChI=1S/C17H28N2O/c1-15-5-3-6-16(11-15)13-19-9-4-7-17(14-19)12-18-8-10-20-2/h3,5-6,11,17-18H,4,7-10,12-14H2,1-2H3. The molecule has 0 aromatic heterocycles. The van der Waals surface area contributed by atoms with Crippen molar-refractivity contribution in [1.82, 2.24) is 10.2 Å². The number of ether oxygens (including phenoxy) is 1. The molecule has 1 aliphatic heterocycles. The molecule has 112 valence electrons. The summed E-state index contributed by atoms with van der Waals surface area (Å²) in [5, 5.41) is 3.50. The molecule has 1 aromatic carbocycles. The molecule has 0 amide bonds. The normalized spacial score (nSPS) is 20.2. The van der Waals surface area contributed by atoms with Crippen molar-refractivity contribution in [3.63, 3.8) is 0 Å². The molecule has 0 bridgehead atoms. The van der Waals surface area contributed by atoms with Crippen molar-refractivity contribution in [2.45, 2.75) is 26.3 Å². The van der Waals surface area contributed by atoms with Crippen LogP contribution in [0.15, 0.2) is 24.3 Å². The number of likely N-dealkylation sites (tertiary alicyclic amines) is 1. The van der Waals surface area contributed by atoms with Crippen molar-refractivity contribution in [2.24, 2.45) is 5.92 Å². The minimum atomic E-state index is 0.783. The van der Waals surface area contributed by atoms with Gasteiger partial charge in [-0.3, -0.25) is 4.90 Å². The summed E-state index contributed by atoms with van der Waals surface area (Å²) in [7, 11) is 1.76. The van der Waals surface area contributed by atoms with Crippen molar-refractivity contribution in [1.29, 1.82) is 0 Å². The van der Waals surface area contributed by atoms with E-state index in [2.05, 4.69) is 41.4 Å². The number of methoxy groups -OCH3 is 1. The monoisotopic (exact) mass is 276 g/mol. The fourth-order valence-corrected chi connectivity index (χ4v) is 3.01. The Labute approximate surface area is 123 Å². The summed E-state index contributed by atoms with van der Waals surface area (Å²) in [5.41, 5.74) is 2.80. The Morgan fingerprint density at radius 2 is 2.30 bits per heavy atom. The minimum absolute atomic E-state index is 0.783. The highest BCUT2D eigenvalue weighted by Crippen LogP contribution is 2.18. The van der Waals surface area contributed by atoms with Crippen molar-refractivity contribution < 1.29 is 4.74 Å². The lowest BCUT2D eigenvalue weighted by atomic mass is 9.97. The number of benzene rings is 1. The second-order valence-electron chi connectivity index (χ2n) is 5.93. The maximum atomic E-state index is 5.07. The van der Waals surface area contributed by atoms with E-state index in [0.717, 1.165) is 32.2 Å². The Bertz CT molecular complexity index is 394. The van der Waals surface area contributed by atoms with Gasteiger partial charge in [0.2, 0.25) is 0 Å². The van der Waals surface area contributed by atoms with Crippen molar-refractivity contribution >= 4 is 0 Å². The van der Waals surface area contributed by atoms with Crippen LogP contribution in [0.1, 0.15) is 24.0 Å². The van der Waals surface area contributed by atoms with E-state index < -0.39 is 0 Å². The number of nitrogens with one attached hydrogen (secondary N) is 1. The smallest absolute Gasteiger partial charge is 0.0587 e. The molecule has 20 heavy (non-hydrogen) atoms. The predicted molar refractivity (Wildman–Crippen MR) is 83.9 cm³/mol. The van der Waals surface area contributed by atoms with E-state index >= 15 is 0 Å². The van der Waals surface area contributed by atoms with Crippen LogP contribution >= 0.6 is 0 Å². The van der Waals surface area contributed by atoms with Crippen LogP contribution in [0.25, 0.3) is 0 Å². The fraction of sp³-hybridized carbons (Fsp3) is 0.647. The Kier molecular flexibility index (Phi) is 6.51. The van der Waals surface area contributed by atoms with Gasteiger partial charge in [0.25, 0.3) is 0 Å². The first-order valence-electron chi connectivity index (χ1n) is 7.75. The zero-order valence-corrected chi connectivity index (χ0v) is 12.9. The Morgan fingerprint density at radius 1 is 1.40 bits per heavy atom. The van der Waals surface area contributed by atoms with Crippen LogP contribution in [-0.2, 0) is 11.3 Å². The first-order valence-corrected chi connectivity index (χ1v) is 7.75. The number of piperidine rings is 1. The van der Waals surface area contributed by atoms with E-state index in [-0.39, 0.29) is 0 Å². The highest BCUT2D eigenvalue weighted by atomic mass is 16.5. The van der Waals surface area contributed by atoms with Crippen LogP contribution in [0.4, 0.5) is 0 Å². The summed E-state index contributed by atoms with van der Waals surface area (Å²) in [5.74, 6) is 0.783. The molecular weight excluding hydrogens is 248 g/mol. The molecule has 1 aromatic rings. The number of hydrogen-bond acceptors (Lipinski definition) is 3. The van der Waals surface area contributed by atoms with E-state index in [1.165, 1.54) is 37.1 Å². The van der Waals surface area contributed by atoms with E-state index in [1.807, 2.05) is 0 Å². The topological polar surface area (TPSA) is 24.5 Å². The van der Waals surface area contributed by atoms with Crippen molar-refractivity contribution in [3.8, 4) is 0 Å². The molecule has 1 saturated heterocycles. The lowest BCUT2D eigenvalue weighted by molar-refractivity contribution is 0.159. The van der Waals surface area contributed by atoms with Gasteiger partial charge in [-0.05, 0) is 44.3 Å². The van der Waals surface area contributed by atoms with Crippen LogP contribution < -0.4 is 5.32 Å². The first kappa shape index (κ1) is 15.5. The molecule has 1 aliphatic rings. The Morgan fingerprint density at radius 3 is 3.10 bits per heavy atom. The van der Waals surface area contributed by atoms with Crippen molar-refractivity contribution in [2.75, 3.05) is 39.9 Å². The lowest BCUT2D eigenvalue weighted by Crippen LogP contribution is -2.39. The summed E-state index contributed by atoms with van der Waals surface area (Å²) >= 11 is 0. The predicted octanol–water partition coefficient (Wildman–Crippen LogP) is 2.44.